The number of carboxylic acid groups (broad SMARTS) is 1. The van der Waals surface area contributed by atoms with Crippen molar-refractivity contribution in [2.24, 2.45) is 0 Å². The van der Waals surface area contributed by atoms with Gasteiger partial charge in [0.1, 0.15) is 0 Å². The van der Waals surface area contributed by atoms with E-state index < -0.39 is 12.3 Å². The molecular formula is C9H18O5. The highest BCUT2D eigenvalue weighted by Gasteiger charge is 2.01. The molecule has 0 radical (unpaired) electrons. The largest absolute Gasteiger partial charge is 0.505 e. The highest BCUT2D eigenvalue weighted by Crippen LogP contribution is 2.05. The average Bonchev–Trinajstić information content (AvgIpc) is 2.15. The minimum absolute atomic E-state index is 0.192. The minimum Gasteiger partial charge on any atom is -0.450 e. The topological polar surface area (TPSA) is 87.0 Å². The quantitative estimate of drug-likeness (QED) is 0.407. The van der Waals surface area contributed by atoms with E-state index in [2.05, 4.69) is 4.74 Å². The van der Waals surface area contributed by atoms with E-state index in [4.69, 9.17) is 15.3 Å². The first-order valence-electron chi connectivity index (χ1n) is 4.81. The van der Waals surface area contributed by atoms with Crippen LogP contribution in [0.25, 0.3) is 0 Å². The lowest BCUT2D eigenvalue weighted by Gasteiger charge is -2.05. The highest BCUT2D eigenvalue weighted by molar-refractivity contribution is 5.56. The molecule has 0 fully saturated rings. The Kier molecular flexibility index (Phi) is 8.27. The number of carbonyl (C=O) groups is 1. The first kappa shape index (κ1) is 13.2. The molecule has 0 aliphatic rings. The molecular weight excluding hydrogens is 188 g/mol. The van der Waals surface area contributed by atoms with Crippen molar-refractivity contribution in [1.82, 2.24) is 0 Å². The summed E-state index contributed by atoms with van der Waals surface area (Å²) in [6.07, 6.45) is 2.09. The first-order chi connectivity index (χ1) is 6.66. The van der Waals surface area contributed by atoms with Crippen LogP contribution in [0.1, 0.15) is 32.1 Å². The number of rotatable bonds is 8. The summed E-state index contributed by atoms with van der Waals surface area (Å²) in [6.45, 7) is 0.0417. The third kappa shape index (κ3) is 9.28. The SMILES string of the molecule is O=C(O)OCCCCCCC(O)CO. The Balaban J connectivity index is 3.02. The lowest BCUT2D eigenvalue weighted by molar-refractivity contribution is 0.0843. The third-order valence-corrected chi connectivity index (χ3v) is 1.87. The molecule has 1 unspecified atom stereocenters. The zero-order valence-corrected chi connectivity index (χ0v) is 8.19. The van der Waals surface area contributed by atoms with Gasteiger partial charge in [-0.3, -0.25) is 0 Å². The molecule has 84 valence electrons. The van der Waals surface area contributed by atoms with E-state index >= 15 is 0 Å². The number of ether oxygens (including phenoxy) is 1. The van der Waals surface area contributed by atoms with Gasteiger partial charge in [-0.05, 0) is 12.8 Å². The first-order valence-corrected chi connectivity index (χ1v) is 4.81. The highest BCUT2D eigenvalue weighted by atomic mass is 16.7. The monoisotopic (exact) mass is 206 g/mol. The molecule has 5 heteroatoms. The smallest absolute Gasteiger partial charge is 0.450 e. The standard InChI is InChI=1S/C9H18O5/c10-7-8(11)5-3-1-2-4-6-14-9(12)13/h8,10-11H,1-7H2,(H,12,13). The van der Waals surface area contributed by atoms with Gasteiger partial charge in [0.25, 0.3) is 0 Å². The zero-order valence-electron chi connectivity index (χ0n) is 8.19. The summed E-state index contributed by atoms with van der Waals surface area (Å²) in [4.78, 5) is 9.93. The molecule has 1 atom stereocenters. The van der Waals surface area contributed by atoms with Gasteiger partial charge < -0.3 is 20.1 Å². The maximum atomic E-state index is 9.93. The Bertz CT molecular complexity index is 148. The van der Waals surface area contributed by atoms with Crippen LogP contribution in [0.15, 0.2) is 0 Å². The summed E-state index contributed by atoms with van der Waals surface area (Å²) in [7, 11) is 0. The van der Waals surface area contributed by atoms with E-state index in [1.807, 2.05) is 0 Å². The van der Waals surface area contributed by atoms with E-state index in [1.54, 1.807) is 0 Å². The minimum atomic E-state index is -1.24. The maximum absolute atomic E-state index is 9.93. The van der Waals surface area contributed by atoms with Gasteiger partial charge in [-0.2, -0.15) is 0 Å². The van der Waals surface area contributed by atoms with Crippen LogP contribution in [0.3, 0.4) is 0 Å². The van der Waals surface area contributed by atoms with Crippen LogP contribution in [0, 0.1) is 0 Å². The fraction of sp³-hybridized carbons (Fsp3) is 0.889. The molecule has 0 aliphatic carbocycles. The summed E-state index contributed by atoms with van der Waals surface area (Å²) in [5.74, 6) is 0. The number of hydrogen-bond acceptors (Lipinski definition) is 4. The molecule has 0 saturated carbocycles. The summed E-state index contributed by atoms with van der Waals surface area (Å²) in [5.41, 5.74) is 0. The number of aliphatic hydroxyl groups excluding tert-OH is 2. The second-order valence-electron chi connectivity index (χ2n) is 3.15. The fourth-order valence-electron chi connectivity index (χ4n) is 1.09. The predicted molar refractivity (Wildman–Crippen MR) is 50.2 cm³/mol. The summed E-state index contributed by atoms with van der Waals surface area (Å²) in [5, 5.41) is 25.6. The molecule has 0 aliphatic heterocycles. The Morgan fingerprint density at radius 1 is 1.21 bits per heavy atom. The van der Waals surface area contributed by atoms with Crippen molar-refractivity contribution in [1.29, 1.82) is 0 Å². The predicted octanol–water partition coefficient (Wildman–Crippen LogP) is 0.985. The molecule has 14 heavy (non-hydrogen) atoms. The molecule has 0 rings (SSSR count). The Morgan fingerprint density at radius 2 is 1.86 bits per heavy atom. The van der Waals surface area contributed by atoms with Gasteiger partial charge in [0.2, 0.25) is 0 Å². The third-order valence-electron chi connectivity index (χ3n) is 1.87. The lowest BCUT2D eigenvalue weighted by atomic mass is 10.1. The van der Waals surface area contributed by atoms with Gasteiger partial charge in [-0.15, -0.1) is 0 Å². The van der Waals surface area contributed by atoms with Gasteiger partial charge in [0, 0.05) is 0 Å². The van der Waals surface area contributed by atoms with Crippen molar-refractivity contribution in [2.45, 2.75) is 38.2 Å². The van der Waals surface area contributed by atoms with Gasteiger partial charge in [0.05, 0.1) is 19.3 Å². The molecule has 0 aromatic carbocycles. The van der Waals surface area contributed by atoms with E-state index in [0.717, 1.165) is 19.3 Å². The van der Waals surface area contributed by atoms with Crippen molar-refractivity contribution < 1.29 is 24.9 Å². The van der Waals surface area contributed by atoms with E-state index in [-0.39, 0.29) is 13.2 Å². The summed E-state index contributed by atoms with van der Waals surface area (Å²) < 4.78 is 4.32. The van der Waals surface area contributed by atoms with Crippen molar-refractivity contribution >= 4 is 6.16 Å². The van der Waals surface area contributed by atoms with E-state index in [9.17, 15) is 4.79 Å². The second kappa shape index (κ2) is 8.77. The molecule has 5 nitrogen and oxygen atoms in total. The van der Waals surface area contributed by atoms with Crippen LogP contribution in [0.5, 0.6) is 0 Å². The second-order valence-corrected chi connectivity index (χ2v) is 3.15. The van der Waals surface area contributed by atoms with Gasteiger partial charge in [0.15, 0.2) is 0 Å². The average molecular weight is 206 g/mol. The number of aliphatic hydroxyl groups is 2. The Morgan fingerprint density at radius 3 is 2.43 bits per heavy atom. The van der Waals surface area contributed by atoms with Crippen LogP contribution >= 0.6 is 0 Å². The van der Waals surface area contributed by atoms with Gasteiger partial charge >= 0.3 is 6.16 Å². The normalized spacial score (nSPS) is 12.4. The molecule has 0 spiro atoms. The molecule has 0 heterocycles. The maximum Gasteiger partial charge on any atom is 0.505 e. The van der Waals surface area contributed by atoms with Crippen molar-refractivity contribution in [3.8, 4) is 0 Å². The van der Waals surface area contributed by atoms with Crippen LogP contribution in [0.2, 0.25) is 0 Å². The van der Waals surface area contributed by atoms with Crippen LogP contribution < -0.4 is 0 Å². The van der Waals surface area contributed by atoms with Gasteiger partial charge in [-0.25, -0.2) is 4.79 Å². The zero-order chi connectivity index (χ0) is 10.8. The van der Waals surface area contributed by atoms with Crippen LogP contribution in [-0.2, 0) is 4.74 Å². The molecule has 0 aromatic heterocycles. The van der Waals surface area contributed by atoms with Crippen LogP contribution in [0.4, 0.5) is 4.79 Å². The number of unbranched alkanes of at least 4 members (excludes halogenated alkanes) is 3. The van der Waals surface area contributed by atoms with Crippen LogP contribution in [-0.4, -0.2) is 40.8 Å². The van der Waals surface area contributed by atoms with Crippen molar-refractivity contribution in [3.05, 3.63) is 0 Å². The molecule has 0 amide bonds. The Hall–Kier alpha value is -0.810. The molecule has 0 bridgehead atoms. The van der Waals surface area contributed by atoms with Gasteiger partial charge in [-0.1, -0.05) is 19.3 Å². The number of hydrogen-bond donors (Lipinski definition) is 3. The van der Waals surface area contributed by atoms with E-state index in [1.165, 1.54) is 0 Å². The summed E-state index contributed by atoms with van der Waals surface area (Å²) in [6, 6.07) is 0. The lowest BCUT2D eigenvalue weighted by Crippen LogP contribution is -2.11. The summed E-state index contributed by atoms with van der Waals surface area (Å²) >= 11 is 0. The molecule has 3 N–H and O–H groups in total. The van der Waals surface area contributed by atoms with Crippen molar-refractivity contribution in [3.63, 3.8) is 0 Å². The molecule has 0 aromatic rings. The molecule has 0 saturated heterocycles. The van der Waals surface area contributed by atoms with Crippen molar-refractivity contribution in [2.75, 3.05) is 13.2 Å². The van der Waals surface area contributed by atoms with E-state index in [0.29, 0.717) is 12.8 Å². The Labute approximate surface area is 83.3 Å². The fourth-order valence-corrected chi connectivity index (χ4v) is 1.09.